The standard InChI is InChI=1S/C17H18N4O2/c1-18-14-8-7-13-15(21-14)16(22)12(10-19-13)17(23)20-9-11-5-3-2-4-6-11/h2-8,12,19H,9-10H2,1H3,(H,18,21)(H,20,23). The summed E-state index contributed by atoms with van der Waals surface area (Å²) in [6.45, 7) is 0.688. The van der Waals surface area contributed by atoms with Gasteiger partial charge in [-0.1, -0.05) is 30.3 Å². The number of nitrogens with one attached hydrogen (secondary N) is 3. The Hall–Kier alpha value is -2.89. The number of rotatable bonds is 4. The lowest BCUT2D eigenvalue weighted by molar-refractivity contribution is -0.123. The van der Waals surface area contributed by atoms with E-state index in [-0.39, 0.29) is 18.2 Å². The number of carbonyl (C=O) groups is 2. The minimum Gasteiger partial charge on any atom is -0.382 e. The Morgan fingerprint density at radius 3 is 2.78 bits per heavy atom. The van der Waals surface area contributed by atoms with Gasteiger partial charge in [0.2, 0.25) is 5.91 Å². The molecule has 0 saturated heterocycles. The number of hydrogen-bond acceptors (Lipinski definition) is 5. The molecule has 1 aliphatic heterocycles. The van der Waals surface area contributed by atoms with Crippen LogP contribution in [-0.2, 0) is 11.3 Å². The SMILES string of the molecule is CNc1ccc2c(n1)C(=O)C(C(=O)NCc1ccccc1)CN2. The van der Waals surface area contributed by atoms with Crippen LogP contribution in [0.15, 0.2) is 42.5 Å². The third kappa shape index (κ3) is 3.15. The summed E-state index contributed by atoms with van der Waals surface area (Å²) in [5.41, 5.74) is 1.97. The first kappa shape index (κ1) is 15.0. The van der Waals surface area contributed by atoms with Crippen LogP contribution < -0.4 is 16.0 Å². The fourth-order valence-corrected chi connectivity index (χ4v) is 2.52. The van der Waals surface area contributed by atoms with Crippen LogP contribution in [0.5, 0.6) is 0 Å². The molecule has 0 spiro atoms. The first-order valence-electron chi connectivity index (χ1n) is 7.47. The highest BCUT2D eigenvalue weighted by molar-refractivity contribution is 6.13. The van der Waals surface area contributed by atoms with E-state index in [1.54, 1.807) is 19.2 Å². The average molecular weight is 310 g/mol. The average Bonchev–Trinajstić information content (AvgIpc) is 2.60. The predicted octanol–water partition coefficient (Wildman–Crippen LogP) is 1.66. The number of nitrogens with zero attached hydrogens (tertiary/aromatic N) is 1. The largest absolute Gasteiger partial charge is 0.382 e. The zero-order chi connectivity index (χ0) is 16.2. The molecule has 1 atom stereocenters. The van der Waals surface area contributed by atoms with Crippen molar-refractivity contribution in [3.05, 3.63) is 53.7 Å². The van der Waals surface area contributed by atoms with E-state index in [1.165, 1.54) is 0 Å². The Bertz CT molecular complexity index is 731. The van der Waals surface area contributed by atoms with Gasteiger partial charge in [0.05, 0.1) is 5.69 Å². The van der Waals surface area contributed by atoms with E-state index in [4.69, 9.17) is 0 Å². The first-order chi connectivity index (χ1) is 11.2. The van der Waals surface area contributed by atoms with E-state index in [2.05, 4.69) is 20.9 Å². The third-order valence-corrected chi connectivity index (χ3v) is 3.82. The molecule has 0 aliphatic carbocycles. The van der Waals surface area contributed by atoms with Crippen molar-refractivity contribution in [2.45, 2.75) is 6.54 Å². The van der Waals surface area contributed by atoms with Crippen molar-refractivity contribution >= 4 is 23.2 Å². The summed E-state index contributed by atoms with van der Waals surface area (Å²) < 4.78 is 0. The Balaban J connectivity index is 1.71. The number of ketones is 1. The molecule has 118 valence electrons. The van der Waals surface area contributed by atoms with Gasteiger partial charge in [-0.2, -0.15) is 0 Å². The number of benzene rings is 1. The third-order valence-electron chi connectivity index (χ3n) is 3.82. The van der Waals surface area contributed by atoms with E-state index in [9.17, 15) is 9.59 Å². The Kier molecular flexibility index (Phi) is 4.23. The molecule has 0 saturated carbocycles. The molecular weight excluding hydrogens is 292 g/mol. The molecule has 0 fully saturated rings. The number of fused-ring (bicyclic) bond motifs is 1. The quantitative estimate of drug-likeness (QED) is 0.748. The van der Waals surface area contributed by atoms with Gasteiger partial charge in [-0.25, -0.2) is 4.98 Å². The molecule has 1 aromatic heterocycles. The molecule has 1 amide bonds. The molecule has 2 heterocycles. The summed E-state index contributed by atoms with van der Waals surface area (Å²) in [5.74, 6) is -0.690. The fourth-order valence-electron chi connectivity index (χ4n) is 2.52. The zero-order valence-electron chi connectivity index (χ0n) is 12.8. The number of amides is 1. The van der Waals surface area contributed by atoms with Crippen LogP contribution in [0.1, 0.15) is 16.1 Å². The van der Waals surface area contributed by atoms with Gasteiger partial charge in [0, 0.05) is 20.1 Å². The first-order valence-corrected chi connectivity index (χ1v) is 7.47. The minimum atomic E-state index is -0.759. The molecule has 1 unspecified atom stereocenters. The molecule has 1 aliphatic rings. The summed E-state index contributed by atoms with van der Waals surface area (Å²) in [4.78, 5) is 29.1. The van der Waals surface area contributed by atoms with Gasteiger partial charge >= 0.3 is 0 Å². The van der Waals surface area contributed by atoms with Crippen molar-refractivity contribution in [3.8, 4) is 0 Å². The fraction of sp³-hybridized carbons (Fsp3) is 0.235. The maximum Gasteiger partial charge on any atom is 0.233 e. The monoisotopic (exact) mass is 310 g/mol. The van der Waals surface area contributed by atoms with E-state index in [1.807, 2.05) is 30.3 Å². The molecule has 3 rings (SSSR count). The van der Waals surface area contributed by atoms with Crippen molar-refractivity contribution < 1.29 is 9.59 Å². The van der Waals surface area contributed by atoms with Gasteiger partial charge in [-0.3, -0.25) is 9.59 Å². The highest BCUT2D eigenvalue weighted by Gasteiger charge is 2.34. The number of aromatic nitrogens is 1. The second kappa shape index (κ2) is 6.48. The van der Waals surface area contributed by atoms with Crippen LogP contribution >= 0.6 is 0 Å². The summed E-state index contributed by atoms with van der Waals surface area (Å²) in [6, 6.07) is 13.2. The molecule has 0 bridgehead atoms. The summed E-state index contributed by atoms with van der Waals surface area (Å²) in [6.07, 6.45) is 0. The summed E-state index contributed by atoms with van der Waals surface area (Å²) in [7, 11) is 1.74. The number of carbonyl (C=O) groups excluding carboxylic acids is 2. The lowest BCUT2D eigenvalue weighted by Gasteiger charge is -2.23. The molecule has 23 heavy (non-hydrogen) atoms. The van der Waals surface area contributed by atoms with Gasteiger partial charge in [-0.15, -0.1) is 0 Å². The van der Waals surface area contributed by atoms with E-state index < -0.39 is 5.92 Å². The maximum absolute atomic E-state index is 12.5. The van der Waals surface area contributed by atoms with Gasteiger partial charge < -0.3 is 16.0 Å². The van der Waals surface area contributed by atoms with Crippen LogP contribution in [0.3, 0.4) is 0 Å². The summed E-state index contributed by atoms with van der Waals surface area (Å²) >= 11 is 0. The highest BCUT2D eigenvalue weighted by Crippen LogP contribution is 2.24. The molecular formula is C17H18N4O2. The second-order valence-corrected chi connectivity index (χ2v) is 5.34. The minimum absolute atomic E-state index is 0.249. The van der Waals surface area contributed by atoms with Gasteiger partial charge in [0.25, 0.3) is 0 Å². The van der Waals surface area contributed by atoms with Crippen molar-refractivity contribution in [3.63, 3.8) is 0 Å². The maximum atomic E-state index is 12.5. The van der Waals surface area contributed by atoms with Crippen molar-refractivity contribution in [2.24, 2.45) is 5.92 Å². The second-order valence-electron chi connectivity index (χ2n) is 5.34. The molecule has 0 radical (unpaired) electrons. The topological polar surface area (TPSA) is 83.1 Å². The lowest BCUT2D eigenvalue weighted by Crippen LogP contribution is -2.42. The molecule has 3 N–H and O–H groups in total. The summed E-state index contributed by atoms with van der Waals surface area (Å²) in [5, 5.41) is 8.81. The van der Waals surface area contributed by atoms with Crippen molar-refractivity contribution in [2.75, 3.05) is 24.2 Å². The normalized spacial score (nSPS) is 16.2. The van der Waals surface area contributed by atoms with Crippen LogP contribution in [0.4, 0.5) is 11.5 Å². The highest BCUT2D eigenvalue weighted by atomic mass is 16.2. The number of pyridine rings is 1. The van der Waals surface area contributed by atoms with E-state index in [0.29, 0.717) is 23.7 Å². The van der Waals surface area contributed by atoms with Gasteiger partial charge in [0.15, 0.2) is 5.78 Å². The van der Waals surface area contributed by atoms with Crippen LogP contribution in [0.25, 0.3) is 0 Å². The van der Waals surface area contributed by atoms with Crippen molar-refractivity contribution in [1.29, 1.82) is 0 Å². The number of anilines is 2. The van der Waals surface area contributed by atoms with Crippen LogP contribution in [0, 0.1) is 5.92 Å². The lowest BCUT2D eigenvalue weighted by atomic mass is 9.95. The number of hydrogen-bond donors (Lipinski definition) is 3. The molecule has 6 nitrogen and oxygen atoms in total. The van der Waals surface area contributed by atoms with Crippen LogP contribution in [-0.4, -0.2) is 30.3 Å². The Morgan fingerprint density at radius 1 is 1.26 bits per heavy atom. The Morgan fingerprint density at radius 2 is 2.04 bits per heavy atom. The smallest absolute Gasteiger partial charge is 0.233 e. The van der Waals surface area contributed by atoms with Crippen molar-refractivity contribution in [1.82, 2.24) is 10.3 Å². The predicted molar refractivity (Wildman–Crippen MR) is 88.4 cm³/mol. The van der Waals surface area contributed by atoms with Gasteiger partial charge in [-0.05, 0) is 17.7 Å². The van der Waals surface area contributed by atoms with Gasteiger partial charge in [0.1, 0.15) is 17.4 Å². The van der Waals surface area contributed by atoms with Crippen LogP contribution in [0.2, 0.25) is 0 Å². The molecule has 1 aromatic carbocycles. The Labute approximate surface area is 134 Å². The molecule has 2 aromatic rings. The van der Waals surface area contributed by atoms with E-state index in [0.717, 1.165) is 5.56 Å². The number of Topliss-reactive ketones (excluding diaryl/α,β-unsaturated/α-hetero) is 1. The zero-order valence-corrected chi connectivity index (χ0v) is 12.8. The molecule has 6 heteroatoms. The van der Waals surface area contributed by atoms with E-state index >= 15 is 0 Å².